The van der Waals surface area contributed by atoms with Gasteiger partial charge in [-0.2, -0.15) is 18.2 Å². The van der Waals surface area contributed by atoms with Gasteiger partial charge in [-0.1, -0.05) is 0 Å². The molecule has 2 bridgehead atoms. The van der Waals surface area contributed by atoms with E-state index in [0.29, 0.717) is 6.42 Å². The van der Waals surface area contributed by atoms with Gasteiger partial charge in [0.05, 0.1) is 6.61 Å². The van der Waals surface area contributed by atoms with Crippen molar-refractivity contribution in [2.75, 3.05) is 6.61 Å². The smallest absolute Gasteiger partial charge is 0.433 e. The average Bonchev–Trinajstić information content (AvgIpc) is 3.02. The fraction of sp³-hybridized carbons (Fsp3) is 0.615. The van der Waals surface area contributed by atoms with E-state index in [4.69, 9.17) is 9.84 Å². The molecule has 120 valence electrons. The first kappa shape index (κ1) is 14.9. The zero-order valence-corrected chi connectivity index (χ0v) is 11.5. The molecule has 22 heavy (non-hydrogen) atoms. The quantitative estimate of drug-likeness (QED) is 0.926. The zero-order valence-electron chi connectivity index (χ0n) is 11.5. The first-order valence-electron chi connectivity index (χ1n) is 6.90. The van der Waals surface area contributed by atoms with Crippen molar-refractivity contribution in [2.45, 2.75) is 37.5 Å². The van der Waals surface area contributed by atoms with Crippen LogP contribution in [0.1, 0.15) is 25.0 Å². The summed E-state index contributed by atoms with van der Waals surface area (Å²) in [7, 11) is 0. The summed E-state index contributed by atoms with van der Waals surface area (Å²) < 4.78 is 42.9. The van der Waals surface area contributed by atoms with Crippen LogP contribution < -0.4 is 4.74 Å². The summed E-state index contributed by atoms with van der Waals surface area (Å²) in [5.74, 6) is -0.0343. The minimum absolute atomic E-state index is 0.0153. The van der Waals surface area contributed by atoms with Gasteiger partial charge in [0.2, 0.25) is 0 Å². The normalized spacial score (nSPS) is 27.2. The molecule has 1 amide bonds. The van der Waals surface area contributed by atoms with E-state index in [1.54, 1.807) is 0 Å². The molecule has 1 N–H and O–H groups in total. The Morgan fingerprint density at radius 2 is 2.23 bits per heavy atom. The van der Waals surface area contributed by atoms with Gasteiger partial charge in [-0.05, 0) is 25.3 Å². The number of amides is 1. The van der Waals surface area contributed by atoms with Crippen LogP contribution in [0.5, 0.6) is 6.01 Å². The lowest BCUT2D eigenvalue weighted by molar-refractivity contribution is -0.141. The number of carboxylic acid groups (broad SMARTS) is 1. The van der Waals surface area contributed by atoms with Gasteiger partial charge < -0.3 is 14.7 Å². The van der Waals surface area contributed by atoms with Crippen molar-refractivity contribution in [3.8, 4) is 6.01 Å². The maximum atomic E-state index is 12.6. The highest BCUT2D eigenvalue weighted by Crippen LogP contribution is 2.41. The van der Waals surface area contributed by atoms with E-state index in [0.717, 1.165) is 25.1 Å². The van der Waals surface area contributed by atoms with Crippen LogP contribution in [0.25, 0.3) is 0 Å². The van der Waals surface area contributed by atoms with Gasteiger partial charge in [0.15, 0.2) is 5.69 Å². The molecule has 3 rings (SSSR count). The second-order valence-corrected chi connectivity index (χ2v) is 5.52. The van der Waals surface area contributed by atoms with Crippen molar-refractivity contribution < 1.29 is 27.8 Å². The number of nitrogens with zero attached hydrogens (tertiary/aromatic N) is 3. The molecule has 6 nitrogen and oxygen atoms in total. The van der Waals surface area contributed by atoms with E-state index in [1.807, 2.05) is 0 Å². The predicted octanol–water partition coefficient (Wildman–Crippen LogP) is 2.41. The van der Waals surface area contributed by atoms with Gasteiger partial charge in [0.1, 0.15) is 0 Å². The van der Waals surface area contributed by atoms with E-state index in [9.17, 15) is 18.0 Å². The minimum atomic E-state index is -4.55. The van der Waals surface area contributed by atoms with Gasteiger partial charge in [-0.15, -0.1) is 0 Å². The largest absolute Gasteiger partial charge is 0.465 e. The number of carbonyl (C=O) groups is 1. The van der Waals surface area contributed by atoms with Crippen LogP contribution in [0.2, 0.25) is 0 Å². The number of fused-ring (bicyclic) bond motifs is 2. The van der Waals surface area contributed by atoms with E-state index in [2.05, 4.69) is 9.97 Å². The molecule has 3 unspecified atom stereocenters. The molecule has 1 aromatic rings. The van der Waals surface area contributed by atoms with Crippen molar-refractivity contribution >= 4 is 6.09 Å². The molecule has 0 aromatic carbocycles. The first-order chi connectivity index (χ1) is 10.4. The lowest BCUT2D eigenvalue weighted by Gasteiger charge is -2.21. The molecule has 2 aliphatic rings. The van der Waals surface area contributed by atoms with Gasteiger partial charge in [-0.3, -0.25) is 0 Å². The molecule has 0 saturated carbocycles. The van der Waals surface area contributed by atoms with Crippen LogP contribution in [0, 0.1) is 5.92 Å². The highest BCUT2D eigenvalue weighted by atomic mass is 19.4. The highest BCUT2D eigenvalue weighted by molar-refractivity contribution is 5.67. The predicted molar refractivity (Wildman–Crippen MR) is 67.3 cm³/mol. The maximum absolute atomic E-state index is 12.6. The zero-order chi connectivity index (χ0) is 15.9. The molecule has 3 heterocycles. The SMILES string of the molecule is O=C(O)N1C2CCC1C(COc1nccc(C(F)(F)F)n1)C2. The fourth-order valence-corrected chi connectivity index (χ4v) is 3.34. The lowest BCUT2D eigenvalue weighted by atomic mass is 9.90. The number of alkyl halides is 3. The molecule has 0 radical (unpaired) electrons. The van der Waals surface area contributed by atoms with Crippen molar-refractivity contribution in [1.82, 2.24) is 14.9 Å². The minimum Gasteiger partial charge on any atom is -0.465 e. The number of rotatable bonds is 3. The Morgan fingerprint density at radius 1 is 1.45 bits per heavy atom. The molecule has 3 atom stereocenters. The van der Waals surface area contributed by atoms with Gasteiger partial charge >= 0.3 is 18.3 Å². The number of hydrogen-bond donors (Lipinski definition) is 1. The van der Waals surface area contributed by atoms with Crippen LogP contribution in [-0.2, 0) is 6.18 Å². The number of aromatic nitrogens is 2. The van der Waals surface area contributed by atoms with Crippen LogP contribution >= 0.6 is 0 Å². The Labute approximate surface area is 123 Å². The van der Waals surface area contributed by atoms with E-state index < -0.39 is 18.0 Å². The maximum Gasteiger partial charge on any atom is 0.433 e. The van der Waals surface area contributed by atoms with Crippen LogP contribution in [0.3, 0.4) is 0 Å². The number of halogens is 3. The Hall–Kier alpha value is -2.06. The number of hydrogen-bond acceptors (Lipinski definition) is 4. The Morgan fingerprint density at radius 3 is 2.86 bits per heavy atom. The standard InChI is InChI=1S/C13H14F3N3O3/c14-13(15,16)10-3-4-17-11(18-10)22-6-7-5-8-1-2-9(7)19(8)12(20)21/h3-4,7-9H,1-2,5-6H2,(H,20,21). The molecule has 1 aromatic heterocycles. The van der Waals surface area contributed by atoms with E-state index >= 15 is 0 Å². The first-order valence-corrected chi connectivity index (χ1v) is 6.90. The summed E-state index contributed by atoms with van der Waals surface area (Å²) in [6, 6.07) is 0.294. The summed E-state index contributed by atoms with van der Waals surface area (Å²) >= 11 is 0. The Balaban J connectivity index is 1.63. The van der Waals surface area contributed by atoms with Crippen LogP contribution in [0.15, 0.2) is 12.3 Å². The lowest BCUT2D eigenvalue weighted by Crippen LogP contribution is -2.36. The number of ether oxygens (including phenoxy) is 1. The topological polar surface area (TPSA) is 75.5 Å². The summed E-state index contributed by atoms with van der Waals surface area (Å²) in [5, 5.41) is 9.16. The molecule has 2 aliphatic heterocycles. The molecule has 2 fully saturated rings. The van der Waals surface area contributed by atoms with Gasteiger partial charge in [0.25, 0.3) is 0 Å². The molecule has 0 aliphatic carbocycles. The summed E-state index contributed by atoms with van der Waals surface area (Å²) in [6.07, 6.45) is -2.26. The van der Waals surface area contributed by atoms with Crippen LogP contribution in [-0.4, -0.2) is 44.8 Å². The van der Waals surface area contributed by atoms with Gasteiger partial charge in [-0.25, -0.2) is 9.78 Å². The van der Waals surface area contributed by atoms with Crippen molar-refractivity contribution in [3.63, 3.8) is 0 Å². The third-order valence-corrected chi connectivity index (χ3v) is 4.24. The highest BCUT2D eigenvalue weighted by Gasteiger charge is 2.48. The van der Waals surface area contributed by atoms with Crippen molar-refractivity contribution in [2.24, 2.45) is 5.92 Å². The molecule has 2 saturated heterocycles. The molecule has 0 spiro atoms. The second kappa shape index (κ2) is 5.29. The molecule has 9 heteroatoms. The van der Waals surface area contributed by atoms with Crippen molar-refractivity contribution in [3.05, 3.63) is 18.0 Å². The third kappa shape index (κ3) is 2.67. The van der Waals surface area contributed by atoms with E-state index in [-0.39, 0.29) is 30.6 Å². The Kier molecular flexibility index (Phi) is 3.57. The monoisotopic (exact) mass is 317 g/mol. The summed E-state index contributed by atoms with van der Waals surface area (Å²) in [5.41, 5.74) is -1.06. The average molecular weight is 317 g/mol. The Bertz CT molecular complexity index is 581. The van der Waals surface area contributed by atoms with Crippen LogP contribution in [0.4, 0.5) is 18.0 Å². The molecular weight excluding hydrogens is 303 g/mol. The third-order valence-electron chi connectivity index (χ3n) is 4.24. The van der Waals surface area contributed by atoms with Crippen molar-refractivity contribution in [1.29, 1.82) is 0 Å². The second-order valence-electron chi connectivity index (χ2n) is 5.52. The summed E-state index contributed by atoms with van der Waals surface area (Å²) in [4.78, 5) is 19.6. The molecular formula is C13H14F3N3O3. The summed E-state index contributed by atoms with van der Waals surface area (Å²) in [6.45, 7) is 0.117. The fourth-order valence-electron chi connectivity index (χ4n) is 3.34. The van der Waals surface area contributed by atoms with E-state index in [1.165, 1.54) is 4.90 Å². The van der Waals surface area contributed by atoms with Gasteiger partial charge in [0, 0.05) is 24.2 Å².